The van der Waals surface area contributed by atoms with Crippen LogP contribution in [0.3, 0.4) is 0 Å². The molecule has 0 spiro atoms. The molecule has 94 valence electrons. The van der Waals surface area contributed by atoms with Crippen molar-refractivity contribution < 1.29 is 0 Å². The Hall–Kier alpha value is -2.49. The molecule has 1 aromatic carbocycles. The van der Waals surface area contributed by atoms with E-state index in [1.54, 1.807) is 6.20 Å². The predicted octanol–water partition coefficient (Wildman–Crippen LogP) is 2.83. The zero-order chi connectivity index (χ0) is 13.1. The average Bonchev–Trinajstić information content (AvgIpc) is 2.92. The predicted molar refractivity (Wildman–Crippen MR) is 77.3 cm³/mol. The molecule has 1 N–H and O–H groups in total. The van der Waals surface area contributed by atoms with Crippen LogP contribution in [0, 0.1) is 6.92 Å². The molecule has 0 fully saturated rings. The van der Waals surface area contributed by atoms with E-state index in [0.29, 0.717) is 0 Å². The summed E-state index contributed by atoms with van der Waals surface area (Å²) in [5.74, 6) is 1.51. The number of allylic oxidation sites excluding steroid dienone is 1. The molecule has 0 amide bonds. The van der Waals surface area contributed by atoms with E-state index in [0.717, 1.165) is 29.4 Å². The number of nitrogens with one attached hydrogen (secondary N) is 1. The molecular formula is C15H14N4. The monoisotopic (exact) mass is 250 g/mol. The maximum Gasteiger partial charge on any atom is 0.161 e. The normalized spacial score (nSPS) is 13.4. The molecule has 0 unspecified atom stereocenters. The Morgan fingerprint density at radius 2 is 2.16 bits per heavy atom. The summed E-state index contributed by atoms with van der Waals surface area (Å²) >= 11 is 0. The number of aryl methyl sites for hydroxylation is 1. The first-order chi connectivity index (χ1) is 9.31. The van der Waals surface area contributed by atoms with Crippen molar-refractivity contribution in [3.63, 3.8) is 0 Å². The fraction of sp³-hybridized carbons (Fsp3) is 0.133. The van der Waals surface area contributed by atoms with Crippen LogP contribution in [-0.2, 0) is 0 Å². The van der Waals surface area contributed by atoms with Gasteiger partial charge in [-0.1, -0.05) is 23.8 Å². The molecule has 1 aromatic heterocycles. The molecule has 0 bridgehead atoms. The second-order valence-corrected chi connectivity index (χ2v) is 4.41. The van der Waals surface area contributed by atoms with Gasteiger partial charge in [-0.05, 0) is 25.1 Å². The standard InChI is InChI=1S/C15H14N4/c1-11-3-2-4-12(9-11)15-17-8-6-14(19-15)18-13-5-7-16-10-13/h2-6,8-10H,7H2,1H3,(H,17,18,19). The molecule has 3 rings (SSSR count). The van der Waals surface area contributed by atoms with Crippen molar-refractivity contribution in [1.29, 1.82) is 0 Å². The van der Waals surface area contributed by atoms with Crippen LogP contribution in [0.15, 0.2) is 53.3 Å². The molecule has 0 atom stereocenters. The number of benzene rings is 1. The smallest absolute Gasteiger partial charge is 0.161 e. The second kappa shape index (κ2) is 5.02. The van der Waals surface area contributed by atoms with Gasteiger partial charge in [-0.15, -0.1) is 0 Å². The van der Waals surface area contributed by atoms with Gasteiger partial charge in [0.05, 0.1) is 12.2 Å². The molecule has 1 aliphatic heterocycles. The highest BCUT2D eigenvalue weighted by atomic mass is 15.0. The first-order valence-corrected chi connectivity index (χ1v) is 6.18. The van der Waals surface area contributed by atoms with Gasteiger partial charge in [0.1, 0.15) is 5.82 Å². The van der Waals surface area contributed by atoms with E-state index < -0.39 is 0 Å². The van der Waals surface area contributed by atoms with Gasteiger partial charge >= 0.3 is 0 Å². The molecule has 2 aromatic rings. The summed E-state index contributed by atoms with van der Waals surface area (Å²) in [6.07, 6.45) is 5.60. The summed E-state index contributed by atoms with van der Waals surface area (Å²) < 4.78 is 0. The highest BCUT2D eigenvalue weighted by molar-refractivity contribution is 5.84. The van der Waals surface area contributed by atoms with Crippen molar-refractivity contribution in [1.82, 2.24) is 9.97 Å². The van der Waals surface area contributed by atoms with Crippen LogP contribution in [0.5, 0.6) is 0 Å². The lowest BCUT2D eigenvalue weighted by molar-refractivity contribution is 1.17. The fourth-order valence-electron chi connectivity index (χ4n) is 1.94. The number of nitrogens with zero attached hydrogens (tertiary/aromatic N) is 3. The largest absolute Gasteiger partial charge is 0.339 e. The number of aliphatic imine (C=N–C) groups is 1. The van der Waals surface area contributed by atoms with E-state index in [9.17, 15) is 0 Å². The SMILES string of the molecule is Cc1cccc(-c2nccc(NC3=CCN=C3)n2)c1. The second-order valence-electron chi connectivity index (χ2n) is 4.41. The fourth-order valence-corrected chi connectivity index (χ4v) is 1.94. The lowest BCUT2D eigenvalue weighted by Crippen LogP contribution is -2.02. The van der Waals surface area contributed by atoms with E-state index in [4.69, 9.17) is 0 Å². The minimum Gasteiger partial charge on any atom is -0.339 e. The van der Waals surface area contributed by atoms with Crippen LogP contribution < -0.4 is 5.32 Å². The van der Waals surface area contributed by atoms with Crippen LogP contribution in [0.1, 0.15) is 5.56 Å². The Bertz CT molecular complexity index is 659. The van der Waals surface area contributed by atoms with E-state index in [2.05, 4.69) is 39.3 Å². The number of hydrogen-bond donors (Lipinski definition) is 1. The summed E-state index contributed by atoms with van der Waals surface area (Å²) in [4.78, 5) is 13.0. The van der Waals surface area contributed by atoms with Gasteiger partial charge in [-0.25, -0.2) is 9.97 Å². The minimum absolute atomic E-state index is 0.726. The molecule has 1 aliphatic rings. The van der Waals surface area contributed by atoms with Crippen LogP contribution in [0.2, 0.25) is 0 Å². The third-order valence-electron chi connectivity index (χ3n) is 2.85. The van der Waals surface area contributed by atoms with Gasteiger partial charge in [-0.2, -0.15) is 0 Å². The van der Waals surface area contributed by atoms with Crippen molar-refractivity contribution in [2.24, 2.45) is 4.99 Å². The maximum absolute atomic E-state index is 4.52. The Kier molecular flexibility index (Phi) is 3.06. The Labute approximate surface area is 112 Å². The zero-order valence-corrected chi connectivity index (χ0v) is 10.7. The van der Waals surface area contributed by atoms with Gasteiger partial charge in [0, 0.05) is 18.0 Å². The number of rotatable bonds is 3. The van der Waals surface area contributed by atoms with Gasteiger partial charge in [-0.3, -0.25) is 4.99 Å². The van der Waals surface area contributed by atoms with Crippen molar-refractivity contribution in [2.45, 2.75) is 6.92 Å². The number of aromatic nitrogens is 2. The molecule has 0 saturated carbocycles. The highest BCUT2D eigenvalue weighted by Crippen LogP contribution is 2.18. The van der Waals surface area contributed by atoms with E-state index in [1.807, 2.05) is 30.5 Å². The molecule has 0 radical (unpaired) electrons. The Morgan fingerprint density at radius 3 is 2.95 bits per heavy atom. The minimum atomic E-state index is 0.726. The van der Waals surface area contributed by atoms with E-state index in [1.165, 1.54) is 5.56 Å². The average molecular weight is 250 g/mol. The van der Waals surface area contributed by atoms with Crippen LogP contribution in [0.4, 0.5) is 5.82 Å². The maximum atomic E-state index is 4.52. The number of anilines is 1. The molecule has 19 heavy (non-hydrogen) atoms. The van der Waals surface area contributed by atoms with Gasteiger partial charge < -0.3 is 5.32 Å². The van der Waals surface area contributed by atoms with Gasteiger partial charge in [0.2, 0.25) is 0 Å². The lowest BCUT2D eigenvalue weighted by Gasteiger charge is -2.06. The van der Waals surface area contributed by atoms with Crippen molar-refractivity contribution >= 4 is 12.0 Å². The topological polar surface area (TPSA) is 50.2 Å². The third-order valence-corrected chi connectivity index (χ3v) is 2.85. The summed E-state index contributed by atoms with van der Waals surface area (Å²) in [6.45, 7) is 2.80. The van der Waals surface area contributed by atoms with Gasteiger partial charge in [0.15, 0.2) is 5.82 Å². The summed E-state index contributed by atoms with van der Waals surface area (Å²) in [5.41, 5.74) is 3.21. The zero-order valence-electron chi connectivity index (χ0n) is 10.7. The molecule has 2 heterocycles. The van der Waals surface area contributed by atoms with Crippen LogP contribution >= 0.6 is 0 Å². The van der Waals surface area contributed by atoms with E-state index >= 15 is 0 Å². The summed E-state index contributed by atoms with van der Waals surface area (Å²) in [7, 11) is 0. The van der Waals surface area contributed by atoms with Crippen molar-refractivity contribution in [3.05, 3.63) is 53.9 Å². The molecule has 4 heteroatoms. The van der Waals surface area contributed by atoms with Crippen LogP contribution in [0.25, 0.3) is 11.4 Å². The summed E-state index contributed by atoms with van der Waals surface area (Å²) in [6, 6.07) is 10.0. The Balaban J connectivity index is 1.89. The first-order valence-electron chi connectivity index (χ1n) is 6.18. The van der Waals surface area contributed by atoms with Crippen molar-refractivity contribution in [3.8, 4) is 11.4 Å². The quantitative estimate of drug-likeness (QED) is 0.911. The third kappa shape index (κ3) is 2.68. The Morgan fingerprint density at radius 1 is 1.21 bits per heavy atom. The molecule has 0 saturated heterocycles. The first kappa shape index (κ1) is 11.6. The lowest BCUT2D eigenvalue weighted by atomic mass is 10.1. The molecular weight excluding hydrogens is 236 g/mol. The van der Waals surface area contributed by atoms with Crippen LogP contribution in [-0.4, -0.2) is 22.7 Å². The molecule has 4 nitrogen and oxygen atoms in total. The van der Waals surface area contributed by atoms with E-state index in [-0.39, 0.29) is 0 Å². The molecule has 0 aliphatic carbocycles. The van der Waals surface area contributed by atoms with Crippen molar-refractivity contribution in [2.75, 3.05) is 11.9 Å². The highest BCUT2D eigenvalue weighted by Gasteiger charge is 2.04. The van der Waals surface area contributed by atoms with Gasteiger partial charge in [0.25, 0.3) is 0 Å². The number of hydrogen-bond acceptors (Lipinski definition) is 4. The summed E-state index contributed by atoms with van der Waals surface area (Å²) in [5, 5.41) is 3.23.